The second kappa shape index (κ2) is 7.50. The first kappa shape index (κ1) is 16.5. The highest BCUT2D eigenvalue weighted by atomic mass is 32.1. The van der Waals surface area contributed by atoms with Crippen molar-refractivity contribution < 1.29 is 4.52 Å². The van der Waals surface area contributed by atoms with Gasteiger partial charge in [-0.15, -0.1) is 11.3 Å². The summed E-state index contributed by atoms with van der Waals surface area (Å²) in [6, 6.07) is 8.85. The first-order chi connectivity index (χ1) is 12.3. The van der Waals surface area contributed by atoms with E-state index < -0.39 is 0 Å². The van der Waals surface area contributed by atoms with Crippen LogP contribution in [0.5, 0.6) is 0 Å². The molecule has 0 bridgehead atoms. The summed E-state index contributed by atoms with van der Waals surface area (Å²) in [5, 5.41) is 6.43. The number of thiophene rings is 1. The van der Waals surface area contributed by atoms with Crippen LogP contribution in [0.4, 0.5) is 0 Å². The molecule has 3 aromatic heterocycles. The second-order valence-corrected chi connectivity index (χ2v) is 7.79. The Labute approximate surface area is 152 Å². The Kier molecular flexibility index (Phi) is 4.95. The Morgan fingerprint density at radius 3 is 2.84 bits per heavy atom. The van der Waals surface area contributed by atoms with Gasteiger partial charge in [0.1, 0.15) is 5.69 Å². The predicted molar refractivity (Wildman–Crippen MR) is 100 cm³/mol. The minimum absolute atomic E-state index is 0.647. The quantitative estimate of drug-likeness (QED) is 0.622. The van der Waals surface area contributed by atoms with Gasteiger partial charge in [0.05, 0.1) is 6.54 Å². The highest BCUT2D eigenvalue weighted by molar-refractivity contribution is 7.10. The molecule has 3 heterocycles. The zero-order valence-electron chi connectivity index (χ0n) is 14.5. The van der Waals surface area contributed by atoms with Gasteiger partial charge in [0.25, 0.3) is 0 Å². The molecule has 5 heteroatoms. The van der Waals surface area contributed by atoms with Crippen LogP contribution in [0, 0.1) is 6.92 Å². The molecule has 1 aliphatic carbocycles. The van der Waals surface area contributed by atoms with Crippen LogP contribution < -0.4 is 0 Å². The van der Waals surface area contributed by atoms with Crippen LogP contribution in [0.1, 0.15) is 41.9 Å². The molecule has 4 nitrogen and oxygen atoms in total. The normalized spacial score (nSPS) is 15.3. The van der Waals surface area contributed by atoms with Crippen molar-refractivity contribution in [3.8, 4) is 11.3 Å². The predicted octanol–water partition coefficient (Wildman–Crippen LogP) is 5.05. The lowest BCUT2D eigenvalue weighted by molar-refractivity contribution is 0.162. The molecular formula is C20H23N3OS. The summed E-state index contributed by atoms with van der Waals surface area (Å²) in [5.41, 5.74) is 3.25. The van der Waals surface area contributed by atoms with Crippen molar-refractivity contribution in [1.29, 1.82) is 0 Å². The first-order valence-electron chi connectivity index (χ1n) is 8.92. The van der Waals surface area contributed by atoms with Crippen LogP contribution >= 0.6 is 11.3 Å². The number of aryl methyl sites for hydroxylation is 1. The highest BCUT2D eigenvalue weighted by Crippen LogP contribution is 2.29. The van der Waals surface area contributed by atoms with Gasteiger partial charge in [-0.1, -0.05) is 18.0 Å². The molecule has 0 aromatic carbocycles. The van der Waals surface area contributed by atoms with Crippen molar-refractivity contribution in [3.63, 3.8) is 0 Å². The van der Waals surface area contributed by atoms with Crippen molar-refractivity contribution in [3.05, 3.63) is 58.2 Å². The lowest BCUT2D eigenvalue weighted by atomic mass is 10.1. The number of aromatic nitrogens is 2. The van der Waals surface area contributed by atoms with Gasteiger partial charge < -0.3 is 4.52 Å². The molecule has 0 unspecified atom stereocenters. The minimum atomic E-state index is 0.647. The summed E-state index contributed by atoms with van der Waals surface area (Å²) in [4.78, 5) is 8.19. The van der Waals surface area contributed by atoms with Crippen LogP contribution in [0.3, 0.4) is 0 Å². The molecule has 0 amide bonds. The van der Waals surface area contributed by atoms with E-state index in [1.807, 2.05) is 29.7 Å². The average molecular weight is 353 g/mol. The Hall–Kier alpha value is -1.98. The summed E-state index contributed by atoms with van der Waals surface area (Å²) in [5.74, 6) is 0.931. The molecule has 0 radical (unpaired) electrons. The largest absolute Gasteiger partial charge is 0.359 e. The zero-order chi connectivity index (χ0) is 17.1. The zero-order valence-corrected chi connectivity index (χ0v) is 15.3. The van der Waals surface area contributed by atoms with E-state index >= 15 is 0 Å². The Morgan fingerprint density at radius 1 is 1.24 bits per heavy atom. The van der Waals surface area contributed by atoms with Crippen molar-refractivity contribution in [2.45, 2.75) is 51.7 Å². The maximum Gasteiger partial charge on any atom is 0.151 e. The van der Waals surface area contributed by atoms with Crippen molar-refractivity contribution >= 4 is 11.3 Å². The van der Waals surface area contributed by atoms with Crippen molar-refractivity contribution in [1.82, 2.24) is 15.0 Å². The molecule has 1 aliphatic rings. The van der Waals surface area contributed by atoms with Crippen LogP contribution in [0.25, 0.3) is 11.3 Å². The molecule has 0 spiro atoms. The number of hydrogen-bond donors (Lipinski definition) is 0. The third-order valence-electron chi connectivity index (χ3n) is 5.03. The standard InChI is InChI=1S/C20H23N3OS/c1-15-8-10-25-20(15)14-23(17-6-2-3-7-17)13-18-11-19(22-24-18)16-5-4-9-21-12-16/h4-5,8-12,17H,2-3,6-7,13-14H2,1H3. The number of hydrogen-bond acceptors (Lipinski definition) is 5. The van der Waals surface area contributed by atoms with Crippen molar-refractivity contribution in [2.24, 2.45) is 0 Å². The van der Waals surface area contributed by atoms with Crippen LogP contribution in [-0.4, -0.2) is 21.1 Å². The molecule has 0 atom stereocenters. The number of rotatable bonds is 6. The van der Waals surface area contributed by atoms with Gasteiger partial charge >= 0.3 is 0 Å². The van der Waals surface area contributed by atoms with E-state index in [-0.39, 0.29) is 0 Å². The fourth-order valence-corrected chi connectivity index (χ4v) is 4.50. The van der Waals surface area contributed by atoms with E-state index in [0.29, 0.717) is 6.04 Å². The van der Waals surface area contributed by atoms with E-state index in [4.69, 9.17) is 4.52 Å². The topological polar surface area (TPSA) is 42.2 Å². The summed E-state index contributed by atoms with van der Waals surface area (Å²) in [6.45, 7) is 4.01. The third-order valence-corrected chi connectivity index (χ3v) is 6.04. The average Bonchev–Trinajstić information content (AvgIpc) is 3.38. The fourth-order valence-electron chi connectivity index (χ4n) is 3.57. The monoisotopic (exact) mass is 353 g/mol. The third kappa shape index (κ3) is 3.83. The van der Waals surface area contributed by atoms with Crippen LogP contribution in [0.2, 0.25) is 0 Å². The molecule has 0 aliphatic heterocycles. The lowest BCUT2D eigenvalue weighted by Gasteiger charge is -2.27. The second-order valence-electron chi connectivity index (χ2n) is 6.79. The lowest BCUT2D eigenvalue weighted by Crippen LogP contribution is -2.32. The molecule has 1 saturated carbocycles. The minimum Gasteiger partial charge on any atom is -0.359 e. The summed E-state index contributed by atoms with van der Waals surface area (Å²) >= 11 is 1.85. The van der Waals surface area contributed by atoms with E-state index in [1.54, 1.807) is 6.20 Å². The smallest absolute Gasteiger partial charge is 0.151 e. The van der Waals surface area contributed by atoms with Gasteiger partial charge in [0, 0.05) is 41.5 Å². The molecule has 25 heavy (non-hydrogen) atoms. The van der Waals surface area contributed by atoms with E-state index in [1.165, 1.54) is 36.1 Å². The first-order valence-corrected chi connectivity index (χ1v) is 9.80. The molecule has 130 valence electrons. The van der Waals surface area contributed by atoms with Crippen molar-refractivity contribution in [2.75, 3.05) is 0 Å². The SMILES string of the molecule is Cc1ccsc1CN(Cc1cc(-c2cccnc2)no1)C1CCCC1. The maximum absolute atomic E-state index is 5.64. The number of nitrogens with zero attached hydrogens (tertiary/aromatic N) is 3. The van der Waals surface area contributed by atoms with Gasteiger partial charge in [-0.25, -0.2) is 0 Å². The van der Waals surface area contributed by atoms with Gasteiger partial charge in [-0.2, -0.15) is 0 Å². The Balaban J connectivity index is 1.52. The molecule has 1 fully saturated rings. The van der Waals surface area contributed by atoms with Crippen LogP contribution in [0.15, 0.2) is 46.6 Å². The number of pyridine rings is 1. The molecule has 0 N–H and O–H groups in total. The van der Waals surface area contributed by atoms with E-state index in [0.717, 1.165) is 30.1 Å². The van der Waals surface area contributed by atoms with Crippen LogP contribution in [-0.2, 0) is 13.1 Å². The molecular weight excluding hydrogens is 330 g/mol. The van der Waals surface area contributed by atoms with Gasteiger partial charge in [-0.3, -0.25) is 9.88 Å². The van der Waals surface area contributed by atoms with E-state index in [9.17, 15) is 0 Å². The highest BCUT2D eigenvalue weighted by Gasteiger charge is 2.25. The summed E-state index contributed by atoms with van der Waals surface area (Å²) < 4.78 is 5.64. The fraction of sp³-hybridized carbons (Fsp3) is 0.400. The summed E-state index contributed by atoms with van der Waals surface area (Å²) in [7, 11) is 0. The van der Waals surface area contributed by atoms with Gasteiger partial charge in [-0.05, 0) is 48.9 Å². The Morgan fingerprint density at radius 2 is 2.12 bits per heavy atom. The molecule has 3 aromatic rings. The molecule has 0 saturated heterocycles. The Bertz CT molecular complexity index is 805. The summed E-state index contributed by atoms with van der Waals surface area (Å²) in [6.07, 6.45) is 8.84. The maximum atomic E-state index is 5.64. The molecule has 4 rings (SSSR count). The van der Waals surface area contributed by atoms with Gasteiger partial charge in [0.2, 0.25) is 0 Å². The van der Waals surface area contributed by atoms with Gasteiger partial charge in [0.15, 0.2) is 5.76 Å². The van der Waals surface area contributed by atoms with E-state index in [2.05, 4.69) is 39.5 Å².